The van der Waals surface area contributed by atoms with Crippen LogP contribution >= 0.6 is 11.8 Å². The van der Waals surface area contributed by atoms with E-state index in [1.165, 1.54) is 5.56 Å². The van der Waals surface area contributed by atoms with Crippen molar-refractivity contribution in [2.24, 2.45) is 0 Å². The molecule has 0 radical (unpaired) electrons. The van der Waals surface area contributed by atoms with Gasteiger partial charge in [0.25, 0.3) is 0 Å². The fraction of sp³-hybridized carbons (Fsp3) is 0.286. The molecule has 3 heteroatoms. The van der Waals surface area contributed by atoms with Gasteiger partial charge in [0.05, 0.1) is 0 Å². The largest absolute Gasteiger partial charge is 0.231 e. The van der Waals surface area contributed by atoms with Gasteiger partial charge in [-0.15, -0.1) is 0 Å². The van der Waals surface area contributed by atoms with Crippen molar-refractivity contribution >= 4 is 11.8 Å². The van der Waals surface area contributed by atoms with Gasteiger partial charge < -0.3 is 0 Å². The third kappa shape index (κ3) is 4.19. The second-order valence-electron chi connectivity index (χ2n) is 3.98. The number of rotatable bonds is 5. The van der Waals surface area contributed by atoms with Gasteiger partial charge in [-0.05, 0) is 24.5 Å². The van der Waals surface area contributed by atoms with Crippen LogP contribution in [-0.4, -0.2) is 15.2 Å². The van der Waals surface area contributed by atoms with E-state index in [4.69, 9.17) is 0 Å². The number of nitrogens with zero attached hydrogens (tertiary/aromatic N) is 2. The molecule has 0 aliphatic carbocycles. The molecule has 17 heavy (non-hydrogen) atoms. The second-order valence-corrected chi connectivity index (χ2v) is 5.39. The molecule has 2 nitrogen and oxygen atoms in total. The summed E-state index contributed by atoms with van der Waals surface area (Å²) in [6.07, 6.45) is 5.84. The quantitative estimate of drug-likeness (QED) is 0.594. The smallest absolute Gasteiger partial charge is 0.187 e. The van der Waals surface area contributed by atoms with Crippen LogP contribution in [0.4, 0.5) is 0 Å². The summed E-state index contributed by atoms with van der Waals surface area (Å²) < 4.78 is 0. The first-order chi connectivity index (χ1) is 8.34. The Hall–Kier alpha value is -1.35. The molecule has 1 aromatic heterocycles. The molecule has 0 saturated carbocycles. The molecule has 0 spiro atoms. The van der Waals surface area contributed by atoms with Crippen molar-refractivity contribution in [2.45, 2.75) is 30.2 Å². The van der Waals surface area contributed by atoms with Gasteiger partial charge in [0.1, 0.15) is 0 Å². The maximum atomic E-state index is 4.23. The molecule has 0 N–H and O–H groups in total. The van der Waals surface area contributed by atoms with E-state index in [-0.39, 0.29) is 0 Å². The lowest BCUT2D eigenvalue weighted by atomic mass is 10.1. The van der Waals surface area contributed by atoms with Gasteiger partial charge in [-0.2, -0.15) is 0 Å². The lowest BCUT2D eigenvalue weighted by molar-refractivity contribution is 0.804. The van der Waals surface area contributed by atoms with Gasteiger partial charge in [0.15, 0.2) is 5.16 Å². The molecule has 0 amide bonds. The van der Waals surface area contributed by atoms with E-state index in [1.54, 1.807) is 24.2 Å². The van der Waals surface area contributed by atoms with Crippen LogP contribution in [0.2, 0.25) is 0 Å². The lowest BCUT2D eigenvalue weighted by Gasteiger charge is -2.09. The summed E-state index contributed by atoms with van der Waals surface area (Å²) in [6.45, 7) is 2.23. The summed E-state index contributed by atoms with van der Waals surface area (Å²) in [5, 5.41) is 1.41. The molecule has 88 valence electrons. The van der Waals surface area contributed by atoms with E-state index in [2.05, 4.69) is 47.2 Å². The zero-order valence-corrected chi connectivity index (χ0v) is 10.7. The fourth-order valence-corrected chi connectivity index (χ4v) is 2.44. The highest BCUT2D eigenvalue weighted by atomic mass is 32.2. The second kappa shape index (κ2) is 6.40. The zero-order chi connectivity index (χ0) is 11.9. The minimum Gasteiger partial charge on any atom is -0.231 e. The Balaban J connectivity index is 1.80. The Morgan fingerprint density at radius 2 is 1.76 bits per heavy atom. The summed E-state index contributed by atoms with van der Waals surface area (Å²) in [5.41, 5.74) is 1.40. The third-order valence-electron chi connectivity index (χ3n) is 2.53. The first kappa shape index (κ1) is 12.1. The van der Waals surface area contributed by atoms with Crippen LogP contribution in [0.3, 0.4) is 0 Å². The molecular weight excluding hydrogens is 228 g/mol. The predicted octanol–water partition coefficient (Wildman–Crippen LogP) is 3.59. The minimum absolute atomic E-state index is 0.539. The van der Waals surface area contributed by atoms with Crippen molar-refractivity contribution in [3.8, 4) is 0 Å². The highest BCUT2D eigenvalue weighted by molar-refractivity contribution is 7.99. The van der Waals surface area contributed by atoms with Gasteiger partial charge in [-0.25, -0.2) is 9.97 Å². The van der Waals surface area contributed by atoms with Gasteiger partial charge in [0, 0.05) is 17.6 Å². The Kier molecular flexibility index (Phi) is 4.56. The number of hydrogen-bond acceptors (Lipinski definition) is 3. The Labute approximate surface area is 107 Å². The Morgan fingerprint density at radius 1 is 1.06 bits per heavy atom. The number of aryl methyl sites for hydroxylation is 1. The van der Waals surface area contributed by atoms with Crippen LogP contribution in [0.25, 0.3) is 0 Å². The molecule has 0 fully saturated rings. The average Bonchev–Trinajstić information content (AvgIpc) is 2.39. The minimum atomic E-state index is 0.539. The summed E-state index contributed by atoms with van der Waals surface area (Å²) in [6, 6.07) is 12.4. The third-order valence-corrected chi connectivity index (χ3v) is 3.59. The molecule has 1 unspecified atom stereocenters. The predicted molar refractivity (Wildman–Crippen MR) is 72.1 cm³/mol. The number of hydrogen-bond donors (Lipinski definition) is 0. The SMILES string of the molecule is CC(CCc1ccccc1)Sc1ncccn1. The fourth-order valence-electron chi connectivity index (χ4n) is 1.60. The Morgan fingerprint density at radius 3 is 2.47 bits per heavy atom. The van der Waals surface area contributed by atoms with E-state index in [0.29, 0.717) is 5.25 Å². The van der Waals surface area contributed by atoms with Crippen LogP contribution in [-0.2, 0) is 6.42 Å². The van der Waals surface area contributed by atoms with Crippen molar-refractivity contribution in [3.63, 3.8) is 0 Å². The summed E-state index contributed by atoms with van der Waals surface area (Å²) >= 11 is 1.74. The van der Waals surface area contributed by atoms with Crippen molar-refractivity contribution in [1.29, 1.82) is 0 Å². The molecule has 0 bridgehead atoms. The molecular formula is C14H16N2S. The summed E-state index contributed by atoms with van der Waals surface area (Å²) in [7, 11) is 0. The number of thioether (sulfide) groups is 1. The maximum absolute atomic E-state index is 4.23. The van der Waals surface area contributed by atoms with Gasteiger partial charge >= 0.3 is 0 Å². The van der Waals surface area contributed by atoms with E-state index < -0.39 is 0 Å². The normalized spacial score (nSPS) is 12.3. The highest BCUT2D eigenvalue weighted by Gasteiger charge is 2.06. The van der Waals surface area contributed by atoms with Crippen LogP contribution in [0.15, 0.2) is 53.9 Å². The first-order valence-electron chi connectivity index (χ1n) is 5.82. The summed E-state index contributed by atoms with van der Waals surface area (Å²) in [5.74, 6) is 0. The van der Waals surface area contributed by atoms with Crippen molar-refractivity contribution in [1.82, 2.24) is 9.97 Å². The van der Waals surface area contributed by atoms with Crippen LogP contribution < -0.4 is 0 Å². The lowest BCUT2D eigenvalue weighted by Crippen LogP contribution is -2.00. The highest BCUT2D eigenvalue weighted by Crippen LogP contribution is 2.22. The Bertz CT molecular complexity index is 430. The maximum Gasteiger partial charge on any atom is 0.187 e. The zero-order valence-electron chi connectivity index (χ0n) is 9.91. The molecule has 2 aromatic rings. The van der Waals surface area contributed by atoms with E-state index in [0.717, 1.165) is 18.0 Å². The molecule has 2 rings (SSSR count). The van der Waals surface area contributed by atoms with Crippen molar-refractivity contribution < 1.29 is 0 Å². The molecule has 1 aromatic carbocycles. The van der Waals surface area contributed by atoms with Gasteiger partial charge in [0.2, 0.25) is 0 Å². The average molecular weight is 244 g/mol. The van der Waals surface area contributed by atoms with E-state index in [1.807, 2.05) is 6.07 Å². The molecule has 0 saturated heterocycles. The topological polar surface area (TPSA) is 25.8 Å². The van der Waals surface area contributed by atoms with Crippen molar-refractivity contribution in [3.05, 3.63) is 54.4 Å². The van der Waals surface area contributed by atoms with Crippen LogP contribution in [0.1, 0.15) is 18.9 Å². The summed E-state index contributed by atoms with van der Waals surface area (Å²) in [4.78, 5) is 8.45. The molecule has 0 aliphatic rings. The van der Waals surface area contributed by atoms with Crippen molar-refractivity contribution in [2.75, 3.05) is 0 Å². The number of benzene rings is 1. The standard InChI is InChI=1S/C14H16N2S/c1-12(17-14-15-10-5-11-16-14)8-9-13-6-3-2-4-7-13/h2-7,10-12H,8-9H2,1H3. The monoisotopic (exact) mass is 244 g/mol. The van der Waals surface area contributed by atoms with Crippen LogP contribution in [0, 0.1) is 0 Å². The molecule has 1 atom stereocenters. The van der Waals surface area contributed by atoms with Crippen LogP contribution in [0.5, 0.6) is 0 Å². The number of aromatic nitrogens is 2. The van der Waals surface area contributed by atoms with Gasteiger partial charge in [-0.1, -0.05) is 49.0 Å². The van der Waals surface area contributed by atoms with E-state index >= 15 is 0 Å². The molecule has 1 heterocycles. The van der Waals surface area contributed by atoms with Gasteiger partial charge in [-0.3, -0.25) is 0 Å². The van der Waals surface area contributed by atoms with E-state index in [9.17, 15) is 0 Å². The molecule has 0 aliphatic heterocycles. The first-order valence-corrected chi connectivity index (χ1v) is 6.70.